The maximum Gasteiger partial charge on any atom is 0.319 e. The Kier molecular flexibility index (Phi) is 5.37. The molecule has 1 aliphatic heterocycles. The molecule has 0 aromatic heterocycles. The summed E-state index contributed by atoms with van der Waals surface area (Å²) < 4.78 is 5.17. The first-order valence-electron chi connectivity index (χ1n) is 8.39. The van der Waals surface area contributed by atoms with Gasteiger partial charge >= 0.3 is 6.03 Å². The molecule has 2 aromatic carbocycles. The molecule has 0 bridgehead atoms. The molecule has 27 heavy (non-hydrogen) atoms. The topological polar surface area (TPSA) is 79.5 Å². The molecule has 0 fully saturated rings. The lowest BCUT2D eigenvalue weighted by atomic mass is 9.94. The van der Waals surface area contributed by atoms with Crippen molar-refractivity contribution in [1.82, 2.24) is 10.6 Å². The zero-order valence-corrected chi connectivity index (χ0v) is 16.0. The Balaban J connectivity index is 1.92. The third-order valence-corrected chi connectivity index (χ3v) is 4.80. The summed E-state index contributed by atoms with van der Waals surface area (Å²) >= 11 is 6.14. The highest BCUT2D eigenvalue weighted by atomic mass is 35.5. The van der Waals surface area contributed by atoms with Crippen LogP contribution < -0.4 is 20.7 Å². The molecule has 1 atom stereocenters. The Morgan fingerprint density at radius 1 is 1.15 bits per heavy atom. The Hall–Kier alpha value is -2.99. The smallest absolute Gasteiger partial charge is 0.319 e. The number of allylic oxidation sites excluding steroid dienone is 1. The van der Waals surface area contributed by atoms with E-state index in [0.29, 0.717) is 27.7 Å². The minimum atomic E-state index is -0.578. The van der Waals surface area contributed by atoms with Crippen LogP contribution in [0.15, 0.2) is 53.7 Å². The molecule has 2 aromatic rings. The second kappa shape index (κ2) is 7.72. The van der Waals surface area contributed by atoms with Crippen LogP contribution in [-0.2, 0) is 4.79 Å². The molecule has 1 heterocycles. The average Bonchev–Trinajstić information content (AvgIpc) is 2.64. The molecule has 3 N–H and O–H groups in total. The summed E-state index contributed by atoms with van der Waals surface area (Å²) in [6, 6.07) is 11.6. The second-order valence-corrected chi connectivity index (χ2v) is 6.67. The Morgan fingerprint density at radius 2 is 1.85 bits per heavy atom. The first-order valence-corrected chi connectivity index (χ1v) is 8.76. The summed E-state index contributed by atoms with van der Waals surface area (Å²) in [7, 11) is 1.58. The van der Waals surface area contributed by atoms with Gasteiger partial charge in [-0.05, 0) is 49.2 Å². The van der Waals surface area contributed by atoms with Gasteiger partial charge in [-0.2, -0.15) is 0 Å². The number of carbonyl (C=O) groups excluding carboxylic acids is 2. The van der Waals surface area contributed by atoms with Gasteiger partial charge in [0, 0.05) is 16.4 Å². The van der Waals surface area contributed by atoms with Crippen molar-refractivity contribution in [3.05, 3.63) is 69.9 Å². The Bertz CT molecular complexity index is 923. The highest BCUT2D eigenvalue weighted by Crippen LogP contribution is 2.29. The number of benzene rings is 2. The average molecular weight is 386 g/mol. The number of hydrogen-bond acceptors (Lipinski definition) is 3. The Labute approximate surface area is 162 Å². The molecule has 3 amide bonds. The van der Waals surface area contributed by atoms with Crippen LogP contribution in [0.4, 0.5) is 10.5 Å². The van der Waals surface area contributed by atoms with E-state index >= 15 is 0 Å². The number of rotatable bonds is 4. The van der Waals surface area contributed by atoms with Crippen molar-refractivity contribution in [2.75, 3.05) is 12.4 Å². The van der Waals surface area contributed by atoms with Crippen molar-refractivity contribution in [3.8, 4) is 5.75 Å². The summed E-state index contributed by atoms with van der Waals surface area (Å²) in [6.07, 6.45) is 0. The van der Waals surface area contributed by atoms with Crippen LogP contribution in [0, 0.1) is 6.92 Å². The third-order valence-electron chi connectivity index (χ3n) is 4.39. The van der Waals surface area contributed by atoms with Crippen LogP contribution in [0.25, 0.3) is 0 Å². The van der Waals surface area contributed by atoms with Crippen molar-refractivity contribution in [2.45, 2.75) is 19.9 Å². The van der Waals surface area contributed by atoms with Gasteiger partial charge in [-0.3, -0.25) is 4.79 Å². The summed E-state index contributed by atoms with van der Waals surface area (Å²) in [5, 5.41) is 8.88. The van der Waals surface area contributed by atoms with E-state index in [4.69, 9.17) is 16.3 Å². The molecule has 6 nitrogen and oxygen atoms in total. The molecule has 0 saturated carbocycles. The van der Waals surface area contributed by atoms with Crippen LogP contribution in [0.3, 0.4) is 0 Å². The molecular formula is C20H20ClN3O3. The van der Waals surface area contributed by atoms with E-state index in [-0.39, 0.29) is 11.9 Å². The molecule has 3 rings (SSSR count). The lowest BCUT2D eigenvalue weighted by molar-refractivity contribution is -0.113. The number of halogens is 1. The van der Waals surface area contributed by atoms with Gasteiger partial charge in [0.2, 0.25) is 0 Å². The minimum absolute atomic E-state index is 0.319. The van der Waals surface area contributed by atoms with E-state index < -0.39 is 6.04 Å². The quantitative estimate of drug-likeness (QED) is 0.746. The molecule has 0 saturated heterocycles. The van der Waals surface area contributed by atoms with E-state index in [1.807, 2.05) is 25.1 Å². The number of carbonyl (C=O) groups is 2. The van der Waals surface area contributed by atoms with Gasteiger partial charge in [-0.15, -0.1) is 0 Å². The summed E-state index contributed by atoms with van der Waals surface area (Å²) in [5.41, 5.74) is 3.21. The number of ether oxygens (including phenoxy) is 1. The van der Waals surface area contributed by atoms with Crippen LogP contribution in [0.1, 0.15) is 24.1 Å². The molecule has 1 aliphatic rings. The molecule has 140 valence electrons. The van der Waals surface area contributed by atoms with Gasteiger partial charge in [0.1, 0.15) is 5.75 Å². The van der Waals surface area contributed by atoms with Crippen molar-refractivity contribution in [2.24, 2.45) is 0 Å². The first-order chi connectivity index (χ1) is 12.9. The van der Waals surface area contributed by atoms with Gasteiger partial charge in [0.25, 0.3) is 5.91 Å². The van der Waals surface area contributed by atoms with Crippen molar-refractivity contribution in [3.63, 3.8) is 0 Å². The molecule has 1 unspecified atom stereocenters. The van der Waals surface area contributed by atoms with Gasteiger partial charge in [0.15, 0.2) is 0 Å². The number of nitrogens with one attached hydrogen (secondary N) is 3. The molecule has 0 spiro atoms. The van der Waals surface area contributed by atoms with Crippen molar-refractivity contribution < 1.29 is 14.3 Å². The standard InChI is InChI=1S/C20H20ClN3O3/c1-11-4-7-14(10-16(11)21)23-19(25)17-12(2)22-20(26)24-18(17)13-5-8-15(27-3)9-6-13/h4-10,18H,1-3H3,(H,23,25)(H2,22,24,26). The lowest BCUT2D eigenvalue weighted by Crippen LogP contribution is -2.45. The largest absolute Gasteiger partial charge is 0.497 e. The van der Waals surface area contributed by atoms with Crippen LogP contribution in [0.5, 0.6) is 5.75 Å². The highest BCUT2D eigenvalue weighted by Gasteiger charge is 2.31. The molecule has 0 radical (unpaired) electrons. The first kappa shape index (κ1) is 18.8. The molecule has 7 heteroatoms. The van der Waals surface area contributed by atoms with E-state index in [0.717, 1.165) is 11.1 Å². The predicted molar refractivity (Wildman–Crippen MR) is 105 cm³/mol. The van der Waals surface area contributed by atoms with E-state index in [2.05, 4.69) is 16.0 Å². The zero-order valence-electron chi connectivity index (χ0n) is 15.2. The van der Waals surface area contributed by atoms with Gasteiger partial charge in [-0.25, -0.2) is 4.79 Å². The van der Waals surface area contributed by atoms with Gasteiger partial charge in [0.05, 0.1) is 18.7 Å². The summed E-state index contributed by atoms with van der Waals surface area (Å²) in [6.45, 7) is 3.59. The maximum atomic E-state index is 13.0. The van der Waals surface area contributed by atoms with Crippen LogP contribution in [-0.4, -0.2) is 19.0 Å². The second-order valence-electron chi connectivity index (χ2n) is 6.26. The van der Waals surface area contributed by atoms with Crippen LogP contribution >= 0.6 is 11.6 Å². The maximum absolute atomic E-state index is 13.0. The van der Waals surface area contributed by atoms with Gasteiger partial charge in [-0.1, -0.05) is 29.8 Å². The number of anilines is 1. The SMILES string of the molecule is COc1ccc(C2NC(=O)NC(C)=C2C(=O)Nc2ccc(C)c(Cl)c2)cc1. The van der Waals surface area contributed by atoms with E-state index in [1.54, 1.807) is 38.3 Å². The van der Waals surface area contributed by atoms with E-state index in [9.17, 15) is 9.59 Å². The lowest BCUT2D eigenvalue weighted by Gasteiger charge is -2.28. The van der Waals surface area contributed by atoms with E-state index in [1.165, 1.54) is 0 Å². The summed E-state index contributed by atoms with van der Waals surface area (Å²) in [4.78, 5) is 24.9. The van der Waals surface area contributed by atoms with Crippen LogP contribution in [0.2, 0.25) is 5.02 Å². The minimum Gasteiger partial charge on any atom is -0.497 e. The number of urea groups is 1. The summed E-state index contributed by atoms with van der Waals surface area (Å²) in [5.74, 6) is 0.376. The monoisotopic (exact) mass is 385 g/mol. The van der Waals surface area contributed by atoms with Crippen molar-refractivity contribution >= 4 is 29.2 Å². The normalized spacial score (nSPS) is 16.4. The fourth-order valence-electron chi connectivity index (χ4n) is 2.91. The fourth-order valence-corrected chi connectivity index (χ4v) is 3.09. The third kappa shape index (κ3) is 4.06. The highest BCUT2D eigenvalue weighted by molar-refractivity contribution is 6.31. The predicted octanol–water partition coefficient (Wildman–Crippen LogP) is 3.92. The fraction of sp³-hybridized carbons (Fsp3) is 0.200. The number of methoxy groups -OCH3 is 1. The van der Waals surface area contributed by atoms with Gasteiger partial charge < -0.3 is 20.7 Å². The molecular weight excluding hydrogens is 366 g/mol. The number of hydrogen-bond donors (Lipinski definition) is 3. The number of amides is 3. The van der Waals surface area contributed by atoms with Crippen molar-refractivity contribution in [1.29, 1.82) is 0 Å². The molecule has 0 aliphatic carbocycles. The zero-order chi connectivity index (χ0) is 19.6. The Morgan fingerprint density at radius 3 is 2.48 bits per heavy atom. The number of aryl methyl sites for hydroxylation is 1.